The zero-order chi connectivity index (χ0) is 24.8. The molecule has 5 nitrogen and oxygen atoms in total. The number of methoxy groups -OCH3 is 1. The molecule has 1 saturated heterocycles. The van der Waals surface area contributed by atoms with Gasteiger partial charge < -0.3 is 9.84 Å². The minimum absolute atomic E-state index is 0.0611. The van der Waals surface area contributed by atoms with Crippen LogP contribution in [-0.4, -0.2) is 47.7 Å². The van der Waals surface area contributed by atoms with Crippen LogP contribution in [0.2, 0.25) is 0 Å². The molecular formula is C29H31FN2O3. The van der Waals surface area contributed by atoms with Gasteiger partial charge >= 0.3 is 5.97 Å². The van der Waals surface area contributed by atoms with Gasteiger partial charge in [0.25, 0.3) is 0 Å². The molecule has 1 aliphatic rings. The van der Waals surface area contributed by atoms with E-state index in [1.165, 1.54) is 0 Å². The molecule has 0 aliphatic carbocycles. The number of aliphatic carboxylic acids is 1. The number of hydrogen-bond acceptors (Lipinski definition) is 4. The van der Waals surface area contributed by atoms with E-state index in [1.54, 1.807) is 25.4 Å². The molecule has 0 spiro atoms. The van der Waals surface area contributed by atoms with Gasteiger partial charge in [-0.15, -0.1) is 0 Å². The van der Waals surface area contributed by atoms with Gasteiger partial charge in [-0.2, -0.15) is 0 Å². The topological polar surface area (TPSA) is 62.7 Å². The van der Waals surface area contributed by atoms with Gasteiger partial charge in [0.1, 0.15) is 11.9 Å². The standard InChI is InChI=1S/C29H31FN2O3/c1-20-6-3-4-7-21(20)8-5-16-32-17-14-22(26(19-32)29(33)34)9-11-27(30)24-13-15-31-28-12-10-23(35-2)18-25(24)28/h3-4,6-7,10,12-13,15,18,22,26-27H,9,11,14,16-17,19H2,1-2H3,(H,33,34)/t22-,26+,27-/m1/s1. The average Bonchev–Trinajstić information content (AvgIpc) is 2.88. The fourth-order valence-corrected chi connectivity index (χ4v) is 4.86. The number of nitrogens with zero attached hydrogens (tertiary/aromatic N) is 2. The molecule has 1 N–H and O–H groups in total. The van der Waals surface area contributed by atoms with Gasteiger partial charge in [-0.05, 0) is 80.1 Å². The maximum absolute atomic E-state index is 15.4. The molecule has 3 atom stereocenters. The number of aromatic nitrogens is 1. The molecule has 0 unspecified atom stereocenters. The lowest BCUT2D eigenvalue weighted by molar-refractivity contribution is -0.146. The Morgan fingerprint density at radius 2 is 2.11 bits per heavy atom. The summed E-state index contributed by atoms with van der Waals surface area (Å²) in [4.78, 5) is 18.5. The van der Waals surface area contributed by atoms with Crippen LogP contribution in [0, 0.1) is 30.6 Å². The fourth-order valence-electron chi connectivity index (χ4n) is 4.86. The molecule has 1 aliphatic heterocycles. The Hall–Kier alpha value is -3.43. The first-order chi connectivity index (χ1) is 17.0. The number of carbonyl (C=O) groups is 1. The van der Waals surface area contributed by atoms with Crippen molar-refractivity contribution in [1.82, 2.24) is 9.88 Å². The highest BCUT2D eigenvalue weighted by Crippen LogP contribution is 2.35. The van der Waals surface area contributed by atoms with Gasteiger partial charge in [0, 0.05) is 23.7 Å². The van der Waals surface area contributed by atoms with E-state index >= 15 is 4.39 Å². The van der Waals surface area contributed by atoms with Gasteiger partial charge in [-0.1, -0.05) is 30.0 Å². The lowest BCUT2D eigenvalue weighted by Crippen LogP contribution is -2.44. The van der Waals surface area contributed by atoms with Gasteiger partial charge in [0.2, 0.25) is 0 Å². The summed E-state index contributed by atoms with van der Waals surface area (Å²) in [5.41, 5.74) is 3.41. The zero-order valence-corrected chi connectivity index (χ0v) is 20.2. The second-order valence-corrected chi connectivity index (χ2v) is 9.17. The van der Waals surface area contributed by atoms with E-state index in [4.69, 9.17) is 4.74 Å². The monoisotopic (exact) mass is 474 g/mol. The second kappa shape index (κ2) is 11.3. The minimum atomic E-state index is -1.19. The molecule has 0 saturated carbocycles. The lowest BCUT2D eigenvalue weighted by Gasteiger charge is -2.35. The molecule has 4 rings (SSSR count). The molecule has 2 heterocycles. The Morgan fingerprint density at radius 3 is 2.89 bits per heavy atom. The normalized spacial score (nSPS) is 19.1. The molecule has 6 heteroatoms. The smallest absolute Gasteiger partial charge is 0.308 e. The van der Waals surface area contributed by atoms with Crippen LogP contribution < -0.4 is 4.74 Å². The van der Waals surface area contributed by atoms with E-state index in [9.17, 15) is 9.90 Å². The number of pyridine rings is 1. The first kappa shape index (κ1) is 24.7. The Morgan fingerprint density at radius 1 is 1.29 bits per heavy atom. The number of halogens is 1. The van der Waals surface area contributed by atoms with Crippen LogP contribution in [0.5, 0.6) is 5.75 Å². The minimum Gasteiger partial charge on any atom is -0.497 e. The highest BCUT2D eigenvalue weighted by atomic mass is 19.1. The van der Waals surface area contributed by atoms with E-state index in [0.29, 0.717) is 30.8 Å². The van der Waals surface area contributed by atoms with Crippen LogP contribution in [0.25, 0.3) is 10.9 Å². The SMILES string of the molecule is COc1ccc2nccc([C@H](F)CC[C@@H]3CCN(CC#Cc4ccccc4C)C[C@@H]3C(=O)O)c2c1. The van der Waals surface area contributed by atoms with Gasteiger partial charge in [-0.25, -0.2) is 4.39 Å². The third-order valence-electron chi connectivity index (χ3n) is 6.94. The summed E-state index contributed by atoms with van der Waals surface area (Å²) in [5.74, 6) is 5.64. The summed E-state index contributed by atoms with van der Waals surface area (Å²) >= 11 is 0. The summed E-state index contributed by atoms with van der Waals surface area (Å²) in [6.45, 7) is 3.76. The molecule has 2 aromatic carbocycles. The van der Waals surface area contributed by atoms with Gasteiger partial charge in [-0.3, -0.25) is 14.7 Å². The van der Waals surface area contributed by atoms with E-state index < -0.39 is 18.1 Å². The van der Waals surface area contributed by atoms with Crippen LogP contribution in [0.1, 0.15) is 42.1 Å². The number of piperidine rings is 1. The molecule has 0 bridgehead atoms. The van der Waals surface area contributed by atoms with Crippen molar-refractivity contribution in [2.45, 2.75) is 32.4 Å². The van der Waals surface area contributed by atoms with Crippen molar-refractivity contribution >= 4 is 16.9 Å². The molecule has 35 heavy (non-hydrogen) atoms. The largest absolute Gasteiger partial charge is 0.497 e. The van der Waals surface area contributed by atoms with E-state index in [-0.39, 0.29) is 12.3 Å². The quantitative estimate of drug-likeness (QED) is 0.464. The summed E-state index contributed by atoms with van der Waals surface area (Å²) in [7, 11) is 1.58. The molecule has 0 amide bonds. The van der Waals surface area contributed by atoms with Crippen molar-refractivity contribution in [3.63, 3.8) is 0 Å². The number of rotatable bonds is 7. The predicted molar refractivity (Wildman–Crippen MR) is 135 cm³/mol. The molecule has 3 aromatic rings. The van der Waals surface area contributed by atoms with Crippen LogP contribution in [0.3, 0.4) is 0 Å². The number of likely N-dealkylation sites (tertiary alicyclic amines) is 1. The number of aryl methyl sites for hydroxylation is 1. The Bertz CT molecular complexity index is 1250. The van der Waals surface area contributed by atoms with Crippen molar-refractivity contribution in [2.24, 2.45) is 11.8 Å². The lowest BCUT2D eigenvalue weighted by atomic mass is 9.81. The number of alkyl halides is 1. The summed E-state index contributed by atoms with van der Waals surface area (Å²) < 4.78 is 20.7. The molecule has 182 valence electrons. The highest BCUT2D eigenvalue weighted by molar-refractivity contribution is 5.83. The van der Waals surface area contributed by atoms with Crippen LogP contribution in [0.15, 0.2) is 54.7 Å². The van der Waals surface area contributed by atoms with Crippen molar-refractivity contribution in [2.75, 3.05) is 26.7 Å². The summed E-state index contributed by atoms with van der Waals surface area (Å²) in [6.07, 6.45) is 1.94. The first-order valence-corrected chi connectivity index (χ1v) is 12.0. The maximum atomic E-state index is 15.4. The molecule has 1 fully saturated rings. The van der Waals surface area contributed by atoms with Crippen molar-refractivity contribution in [1.29, 1.82) is 0 Å². The van der Waals surface area contributed by atoms with E-state index in [0.717, 1.165) is 35.0 Å². The van der Waals surface area contributed by atoms with E-state index in [1.807, 2.05) is 43.3 Å². The number of benzene rings is 2. The highest BCUT2D eigenvalue weighted by Gasteiger charge is 2.34. The second-order valence-electron chi connectivity index (χ2n) is 9.17. The van der Waals surface area contributed by atoms with Crippen molar-refractivity contribution in [3.05, 3.63) is 71.4 Å². The molecule has 1 aromatic heterocycles. The first-order valence-electron chi connectivity index (χ1n) is 12.0. The zero-order valence-electron chi connectivity index (χ0n) is 20.2. The summed E-state index contributed by atoms with van der Waals surface area (Å²) in [6, 6.07) is 15.1. The van der Waals surface area contributed by atoms with Crippen LogP contribution in [-0.2, 0) is 4.79 Å². The fraction of sp³-hybridized carbons (Fsp3) is 0.379. The predicted octanol–water partition coefficient (Wildman–Crippen LogP) is 5.42. The third-order valence-corrected chi connectivity index (χ3v) is 6.94. The van der Waals surface area contributed by atoms with Crippen molar-refractivity contribution in [3.8, 4) is 17.6 Å². The Labute approximate surface area is 205 Å². The Balaban J connectivity index is 1.38. The van der Waals surface area contributed by atoms with Crippen LogP contribution >= 0.6 is 0 Å². The number of ether oxygens (including phenoxy) is 1. The van der Waals surface area contributed by atoms with Crippen molar-refractivity contribution < 1.29 is 19.0 Å². The molecular weight excluding hydrogens is 443 g/mol. The number of fused-ring (bicyclic) bond motifs is 1. The molecule has 0 radical (unpaired) electrons. The number of carboxylic acids is 1. The van der Waals surface area contributed by atoms with Gasteiger partial charge in [0.05, 0.1) is 25.1 Å². The number of hydrogen-bond donors (Lipinski definition) is 1. The van der Waals surface area contributed by atoms with E-state index in [2.05, 4.69) is 21.7 Å². The van der Waals surface area contributed by atoms with Gasteiger partial charge in [0.15, 0.2) is 0 Å². The number of carboxylic acid groups (broad SMARTS) is 1. The van der Waals surface area contributed by atoms with Crippen LogP contribution in [0.4, 0.5) is 4.39 Å². The maximum Gasteiger partial charge on any atom is 0.308 e. The third kappa shape index (κ3) is 5.98. The average molecular weight is 475 g/mol. The Kier molecular flexibility index (Phi) is 7.99. The summed E-state index contributed by atoms with van der Waals surface area (Å²) in [5, 5.41) is 10.6.